The highest BCUT2D eigenvalue weighted by Crippen LogP contribution is 2.76. The molecule has 0 radical (unpaired) electrons. The summed E-state index contributed by atoms with van der Waals surface area (Å²) < 4.78 is 34.9. The number of nitrogens with one attached hydrogen (secondary N) is 1. The first-order valence-electron chi connectivity index (χ1n) is 21.5. The van der Waals surface area contributed by atoms with E-state index in [1.807, 2.05) is 12.1 Å². The summed E-state index contributed by atoms with van der Waals surface area (Å²) in [5, 5.41) is 4.16. The second-order valence-corrected chi connectivity index (χ2v) is 22.3. The van der Waals surface area contributed by atoms with Crippen LogP contribution in [0.15, 0.2) is 30.3 Å². The predicted molar refractivity (Wildman–Crippen MR) is 216 cm³/mol. The molecule has 1 aromatic carbocycles. The number of benzene rings is 1. The molecular weight excluding hydrogens is 711 g/mol. The third-order valence-electron chi connectivity index (χ3n) is 17.6. The highest BCUT2D eigenvalue weighted by molar-refractivity contribution is 7.91. The van der Waals surface area contributed by atoms with Crippen LogP contribution in [-0.4, -0.2) is 107 Å². The Morgan fingerprint density at radius 3 is 2.25 bits per heavy atom. The highest BCUT2D eigenvalue weighted by atomic mass is 32.2. The molecule has 1 unspecified atom stereocenters. The lowest BCUT2D eigenvalue weighted by molar-refractivity contribution is -0.221. The van der Waals surface area contributed by atoms with Crippen molar-refractivity contribution in [2.45, 2.75) is 97.9 Å². The maximum atomic E-state index is 14.6. The van der Waals surface area contributed by atoms with Gasteiger partial charge in [0.2, 0.25) is 5.91 Å². The Morgan fingerprint density at radius 2 is 1.56 bits per heavy atom. The number of carbonyl (C=O) groups excluding carboxylic acids is 2. The summed E-state index contributed by atoms with van der Waals surface area (Å²) in [6.07, 6.45) is 12.7. The van der Waals surface area contributed by atoms with Gasteiger partial charge in [-0.25, -0.2) is 13.2 Å². The molecule has 9 atom stereocenters. The van der Waals surface area contributed by atoms with E-state index in [2.05, 4.69) is 67.9 Å². The predicted octanol–water partition coefficient (Wildman–Crippen LogP) is 6.48. The summed E-state index contributed by atoms with van der Waals surface area (Å²) in [7, 11) is -1.48. The van der Waals surface area contributed by atoms with Crippen LogP contribution in [0.25, 0.3) is 5.57 Å². The lowest BCUT2D eigenvalue weighted by atomic mass is 9.33. The Kier molecular flexibility index (Phi) is 10.2. The smallest absolute Gasteiger partial charge is 0.337 e. The number of esters is 1. The van der Waals surface area contributed by atoms with Gasteiger partial charge in [-0.3, -0.25) is 4.79 Å². The number of amides is 1. The average molecular weight is 778 g/mol. The number of rotatable bonds is 7. The molecular formula is C45H67N3O6S. The van der Waals surface area contributed by atoms with Crippen molar-refractivity contribution in [3.8, 4) is 0 Å². The highest BCUT2D eigenvalue weighted by Gasteiger charge is 2.71. The van der Waals surface area contributed by atoms with Crippen LogP contribution < -0.4 is 5.32 Å². The number of morpholine rings is 1. The molecule has 0 spiro atoms. The first-order valence-corrected chi connectivity index (χ1v) is 23.3. The molecule has 10 heteroatoms. The van der Waals surface area contributed by atoms with Gasteiger partial charge in [0, 0.05) is 50.7 Å². The second-order valence-electron chi connectivity index (χ2n) is 20.0. The van der Waals surface area contributed by atoms with Crippen LogP contribution in [0.5, 0.6) is 0 Å². The third-order valence-corrected chi connectivity index (χ3v) is 19.2. The zero-order valence-corrected chi connectivity index (χ0v) is 35.3. The van der Waals surface area contributed by atoms with Crippen molar-refractivity contribution in [1.29, 1.82) is 0 Å². The molecule has 9 nitrogen and oxygen atoms in total. The monoisotopic (exact) mass is 777 g/mol. The lowest BCUT2D eigenvalue weighted by Gasteiger charge is -2.72. The maximum Gasteiger partial charge on any atom is 0.337 e. The Hall–Kier alpha value is -2.27. The molecule has 0 bridgehead atoms. The van der Waals surface area contributed by atoms with E-state index in [4.69, 9.17) is 9.47 Å². The van der Waals surface area contributed by atoms with Crippen molar-refractivity contribution < 1.29 is 27.5 Å². The summed E-state index contributed by atoms with van der Waals surface area (Å²) in [5.74, 6) is 2.54. The van der Waals surface area contributed by atoms with Crippen molar-refractivity contribution in [3.05, 3.63) is 41.5 Å². The summed E-state index contributed by atoms with van der Waals surface area (Å²) in [4.78, 5) is 31.2. The Bertz CT molecular complexity index is 1770. The van der Waals surface area contributed by atoms with Crippen LogP contribution in [-0.2, 0) is 24.1 Å². The Labute approximate surface area is 330 Å². The summed E-state index contributed by atoms with van der Waals surface area (Å²) in [6, 6.07) is 8.03. The molecule has 2 heterocycles. The van der Waals surface area contributed by atoms with Crippen molar-refractivity contribution >= 4 is 27.3 Å². The van der Waals surface area contributed by atoms with E-state index >= 15 is 0 Å². The Morgan fingerprint density at radius 1 is 0.855 bits per heavy atom. The van der Waals surface area contributed by atoms with Crippen LogP contribution >= 0.6 is 0 Å². The van der Waals surface area contributed by atoms with Crippen LogP contribution in [0.4, 0.5) is 0 Å². The quantitative estimate of drug-likeness (QED) is 0.314. The van der Waals surface area contributed by atoms with Gasteiger partial charge in [0.05, 0.1) is 37.4 Å². The third kappa shape index (κ3) is 6.37. The number of nitrogens with zero attached hydrogens (tertiary/aromatic N) is 2. The second kappa shape index (κ2) is 14.2. The normalized spacial score (nSPS) is 40.9. The zero-order chi connectivity index (χ0) is 39.0. The van der Waals surface area contributed by atoms with Gasteiger partial charge in [-0.05, 0) is 126 Å². The van der Waals surface area contributed by atoms with E-state index in [0.29, 0.717) is 74.5 Å². The standard InChI is InChI=1S/C45H67N3O6S/c1-41(2)34(31-7-9-32(10-8-31)40(50)53-6)14-16-42(3)36(41)15-17-44(5)37(42)12-11-35-38-33(39(49)48-23-27-54-28-24-48)13-18-45(38,20-19-43(35,44)4)46-21-22-47-25-29-55(51,52)30-26-47/h7-10,14,33,35-38,46H,11-13,15-30H2,1-6H3/t33-,35-,36+,37-,38-,42+,43-,44-,45?/m1/s1. The fraction of sp³-hybridized carbons (Fsp3) is 0.778. The van der Waals surface area contributed by atoms with Gasteiger partial charge in [-0.15, -0.1) is 0 Å². The molecule has 6 fully saturated rings. The van der Waals surface area contributed by atoms with E-state index < -0.39 is 9.84 Å². The molecule has 1 N–H and O–H groups in total. The van der Waals surface area contributed by atoms with Crippen molar-refractivity contribution in [1.82, 2.24) is 15.1 Å². The first-order chi connectivity index (χ1) is 26.1. The first kappa shape index (κ1) is 39.6. The van der Waals surface area contributed by atoms with Crippen molar-refractivity contribution in [3.63, 3.8) is 0 Å². The zero-order valence-electron chi connectivity index (χ0n) is 34.5. The number of hydrogen-bond acceptors (Lipinski definition) is 8. The maximum absolute atomic E-state index is 14.6. The molecule has 7 aliphatic rings. The Balaban J connectivity index is 1.07. The topological polar surface area (TPSA) is 105 Å². The van der Waals surface area contributed by atoms with Gasteiger partial charge in [0.1, 0.15) is 0 Å². The fourth-order valence-corrected chi connectivity index (χ4v) is 15.9. The number of fused-ring (bicyclic) bond motifs is 7. The minimum atomic E-state index is -2.91. The fourth-order valence-electron chi connectivity index (χ4n) is 14.6. The minimum Gasteiger partial charge on any atom is -0.465 e. The number of methoxy groups -OCH3 is 1. The lowest BCUT2D eigenvalue weighted by Crippen LogP contribution is -2.68. The molecule has 5 aliphatic carbocycles. The molecule has 55 heavy (non-hydrogen) atoms. The number of hydrogen-bond donors (Lipinski definition) is 1. The summed E-state index contributed by atoms with van der Waals surface area (Å²) in [5.41, 5.74) is 3.62. The van der Waals surface area contributed by atoms with Crippen LogP contribution in [0.2, 0.25) is 0 Å². The van der Waals surface area contributed by atoms with Gasteiger partial charge >= 0.3 is 5.97 Å². The van der Waals surface area contributed by atoms with Gasteiger partial charge in [0.25, 0.3) is 0 Å². The number of ether oxygens (including phenoxy) is 2. The number of carbonyl (C=O) groups is 2. The SMILES string of the molecule is COC(=O)c1ccc(C2=CC[C@]3(C)[C@H]4CC[C@@H]5[C@H]6[C@H](C(=O)N7CCOCC7)CCC6(NCCN6CCS(=O)(=O)CC6)CC[C@@]5(C)[C@]4(C)CC[C@H]3C2(C)C)cc1. The van der Waals surface area contributed by atoms with E-state index in [0.717, 1.165) is 38.8 Å². The van der Waals surface area contributed by atoms with Crippen LogP contribution in [0, 0.1) is 51.2 Å². The van der Waals surface area contributed by atoms with Crippen molar-refractivity contribution in [2.24, 2.45) is 51.2 Å². The van der Waals surface area contributed by atoms with Gasteiger partial charge in [-0.2, -0.15) is 0 Å². The molecule has 1 amide bonds. The molecule has 1 aromatic rings. The number of sulfone groups is 1. The molecule has 4 saturated carbocycles. The molecule has 2 saturated heterocycles. The minimum absolute atomic E-state index is 0.00975. The molecule has 2 aliphatic heterocycles. The van der Waals surface area contributed by atoms with Gasteiger partial charge in [-0.1, -0.05) is 52.8 Å². The van der Waals surface area contributed by atoms with Gasteiger partial charge in [0.15, 0.2) is 9.84 Å². The largest absolute Gasteiger partial charge is 0.465 e. The van der Waals surface area contributed by atoms with Crippen LogP contribution in [0.3, 0.4) is 0 Å². The molecule has 8 rings (SSSR count). The summed E-state index contributed by atoms with van der Waals surface area (Å²) in [6.45, 7) is 18.5. The van der Waals surface area contributed by atoms with Crippen LogP contribution in [0.1, 0.15) is 108 Å². The summed E-state index contributed by atoms with van der Waals surface area (Å²) >= 11 is 0. The van der Waals surface area contributed by atoms with E-state index in [9.17, 15) is 18.0 Å². The average Bonchev–Trinajstić information content (AvgIpc) is 3.55. The molecule has 0 aromatic heterocycles. The van der Waals surface area contributed by atoms with E-state index in [1.165, 1.54) is 50.4 Å². The van der Waals surface area contributed by atoms with E-state index in [-0.39, 0.29) is 50.6 Å². The van der Waals surface area contributed by atoms with Crippen molar-refractivity contribution in [2.75, 3.05) is 71.1 Å². The van der Waals surface area contributed by atoms with Gasteiger partial charge < -0.3 is 24.6 Å². The van der Waals surface area contributed by atoms with E-state index in [1.54, 1.807) is 0 Å². The number of allylic oxidation sites excluding steroid dienone is 2. The molecule has 304 valence electrons.